The lowest BCUT2D eigenvalue weighted by atomic mass is 10.1. The first kappa shape index (κ1) is 15.0. The van der Waals surface area contributed by atoms with Crippen LogP contribution in [-0.2, 0) is 6.42 Å². The van der Waals surface area contributed by atoms with E-state index in [2.05, 4.69) is 10.3 Å². The predicted octanol–water partition coefficient (Wildman–Crippen LogP) is 3.64. The van der Waals surface area contributed by atoms with Crippen molar-refractivity contribution < 1.29 is 8.81 Å². The molecule has 1 aromatic heterocycles. The molecule has 1 atom stereocenters. The molecule has 0 bridgehead atoms. The van der Waals surface area contributed by atoms with Crippen LogP contribution in [0.3, 0.4) is 0 Å². The van der Waals surface area contributed by atoms with E-state index in [-0.39, 0.29) is 24.3 Å². The van der Waals surface area contributed by atoms with Crippen molar-refractivity contribution in [2.45, 2.75) is 31.7 Å². The van der Waals surface area contributed by atoms with Gasteiger partial charge in [-0.25, -0.2) is 9.37 Å². The highest BCUT2D eigenvalue weighted by Crippen LogP contribution is 2.23. The molecule has 0 amide bonds. The Bertz CT molecular complexity index is 535. The van der Waals surface area contributed by atoms with Crippen LogP contribution in [0.1, 0.15) is 42.5 Å². The van der Waals surface area contributed by atoms with Crippen LogP contribution in [0.5, 0.6) is 0 Å². The van der Waals surface area contributed by atoms with Gasteiger partial charge in [-0.05, 0) is 37.1 Å². The summed E-state index contributed by atoms with van der Waals surface area (Å²) in [4.78, 5) is 4.35. The molecule has 2 heterocycles. The number of nitrogens with one attached hydrogen (secondary N) is 1. The van der Waals surface area contributed by atoms with E-state index in [9.17, 15) is 4.39 Å². The fraction of sp³-hybridized carbons (Fsp3) is 0.400. The number of aromatic nitrogens is 1. The molecule has 20 heavy (non-hydrogen) atoms. The molecule has 1 aromatic carbocycles. The molecule has 1 saturated heterocycles. The summed E-state index contributed by atoms with van der Waals surface area (Å²) in [5, 5.41) is 3.41. The van der Waals surface area contributed by atoms with Gasteiger partial charge in [-0.2, -0.15) is 0 Å². The third kappa shape index (κ3) is 3.58. The Morgan fingerprint density at radius 2 is 2.05 bits per heavy atom. The van der Waals surface area contributed by atoms with Crippen molar-refractivity contribution in [3.05, 3.63) is 53.5 Å². The van der Waals surface area contributed by atoms with E-state index in [0.29, 0.717) is 6.42 Å². The van der Waals surface area contributed by atoms with Gasteiger partial charge in [0.25, 0.3) is 0 Å². The Hall–Kier alpha value is -1.39. The van der Waals surface area contributed by atoms with E-state index in [1.54, 1.807) is 18.3 Å². The Morgan fingerprint density at radius 3 is 2.75 bits per heavy atom. The fourth-order valence-electron chi connectivity index (χ4n) is 2.43. The first-order chi connectivity index (χ1) is 9.31. The number of hydrogen-bond acceptors (Lipinski definition) is 3. The van der Waals surface area contributed by atoms with Crippen molar-refractivity contribution in [3.8, 4) is 0 Å². The second kappa shape index (κ2) is 6.86. The van der Waals surface area contributed by atoms with Crippen LogP contribution in [0.25, 0.3) is 0 Å². The largest absolute Gasteiger partial charge is 0.444 e. The second-order valence-corrected chi connectivity index (χ2v) is 4.97. The summed E-state index contributed by atoms with van der Waals surface area (Å²) in [7, 11) is 0. The quantitative estimate of drug-likeness (QED) is 0.940. The molecule has 3 nitrogen and oxygen atoms in total. The number of oxazole rings is 1. The van der Waals surface area contributed by atoms with E-state index in [4.69, 9.17) is 4.42 Å². The second-order valence-electron chi connectivity index (χ2n) is 4.97. The lowest BCUT2D eigenvalue weighted by Crippen LogP contribution is -2.26. The van der Waals surface area contributed by atoms with Crippen LogP contribution in [0.2, 0.25) is 0 Å². The standard InChI is InChI=1S/C15H17FN2O.ClH/c16-12-6-4-11(5-7-12)9-13-10-18-15(19-13)14-3-1-2-8-17-14;/h4-7,10,14,17H,1-3,8-9H2;1H. The summed E-state index contributed by atoms with van der Waals surface area (Å²) in [6, 6.07) is 6.73. The van der Waals surface area contributed by atoms with Crippen molar-refractivity contribution >= 4 is 12.4 Å². The van der Waals surface area contributed by atoms with Crippen LogP contribution in [0, 0.1) is 5.82 Å². The van der Waals surface area contributed by atoms with Crippen molar-refractivity contribution in [1.29, 1.82) is 0 Å². The van der Waals surface area contributed by atoms with Gasteiger partial charge < -0.3 is 9.73 Å². The summed E-state index contributed by atoms with van der Waals surface area (Å²) in [6.45, 7) is 1.03. The molecule has 0 saturated carbocycles. The van der Waals surface area contributed by atoms with Gasteiger partial charge >= 0.3 is 0 Å². The Kier molecular flexibility index (Phi) is 5.15. The van der Waals surface area contributed by atoms with E-state index >= 15 is 0 Å². The van der Waals surface area contributed by atoms with E-state index in [0.717, 1.165) is 30.2 Å². The average molecular weight is 297 g/mol. The zero-order valence-electron chi connectivity index (χ0n) is 11.1. The van der Waals surface area contributed by atoms with Crippen LogP contribution < -0.4 is 5.32 Å². The number of piperidine rings is 1. The zero-order chi connectivity index (χ0) is 13.1. The highest BCUT2D eigenvalue weighted by molar-refractivity contribution is 5.85. The average Bonchev–Trinajstić information content (AvgIpc) is 2.91. The van der Waals surface area contributed by atoms with Crippen LogP contribution in [0.4, 0.5) is 4.39 Å². The summed E-state index contributed by atoms with van der Waals surface area (Å²) < 4.78 is 18.6. The fourth-order valence-corrected chi connectivity index (χ4v) is 2.43. The molecule has 1 unspecified atom stereocenters. The van der Waals surface area contributed by atoms with E-state index in [1.807, 2.05) is 0 Å². The molecular formula is C15H18ClFN2O. The maximum atomic E-state index is 12.8. The summed E-state index contributed by atoms with van der Waals surface area (Å²) in [5.74, 6) is 1.39. The van der Waals surface area contributed by atoms with Gasteiger partial charge in [0.2, 0.25) is 5.89 Å². The molecule has 5 heteroatoms. The van der Waals surface area contributed by atoms with E-state index < -0.39 is 0 Å². The molecule has 1 aliphatic rings. The number of benzene rings is 1. The first-order valence-corrected chi connectivity index (χ1v) is 6.74. The maximum Gasteiger partial charge on any atom is 0.211 e. The molecule has 1 aliphatic heterocycles. The van der Waals surface area contributed by atoms with Crippen LogP contribution in [0.15, 0.2) is 34.9 Å². The Morgan fingerprint density at radius 1 is 1.25 bits per heavy atom. The number of halogens is 2. The molecule has 3 rings (SSSR count). The molecular weight excluding hydrogens is 279 g/mol. The minimum Gasteiger partial charge on any atom is -0.444 e. The summed E-state index contributed by atoms with van der Waals surface area (Å²) in [5.41, 5.74) is 1.03. The molecule has 1 fully saturated rings. The number of hydrogen-bond donors (Lipinski definition) is 1. The molecule has 1 N–H and O–H groups in total. The highest BCUT2D eigenvalue weighted by Gasteiger charge is 2.19. The molecule has 2 aromatic rings. The lowest BCUT2D eigenvalue weighted by Gasteiger charge is -2.20. The monoisotopic (exact) mass is 296 g/mol. The first-order valence-electron chi connectivity index (χ1n) is 6.74. The number of rotatable bonds is 3. The van der Waals surface area contributed by atoms with Gasteiger partial charge in [0.05, 0.1) is 12.2 Å². The zero-order valence-corrected chi connectivity index (χ0v) is 12.0. The van der Waals surface area contributed by atoms with Crippen molar-refractivity contribution in [2.75, 3.05) is 6.54 Å². The smallest absolute Gasteiger partial charge is 0.211 e. The van der Waals surface area contributed by atoms with Gasteiger partial charge in [0.15, 0.2) is 0 Å². The van der Waals surface area contributed by atoms with Crippen molar-refractivity contribution in [1.82, 2.24) is 10.3 Å². The Labute approximate surface area is 124 Å². The molecule has 108 valence electrons. The summed E-state index contributed by atoms with van der Waals surface area (Å²) in [6.07, 6.45) is 5.94. The minimum absolute atomic E-state index is 0. The molecule has 0 aliphatic carbocycles. The van der Waals surface area contributed by atoms with Crippen molar-refractivity contribution in [3.63, 3.8) is 0 Å². The van der Waals surface area contributed by atoms with E-state index in [1.165, 1.54) is 25.0 Å². The summed E-state index contributed by atoms with van der Waals surface area (Å²) >= 11 is 0. The van der Waals surface area contributed by atoms with Gasteiger partial charge in [0, 0.05) is 6.42 Å². The van der Waals surface area contributed by atoms with Crippen LogP contribution >= 0.6 is 12.4 Å². The SMILES string of the molecule is Cl.Fc1ccc(Cc2cnc(C3CCCCN3)o2)cc1. The Balaban J connectivity index is 0.00000147. The maximum absolute atomic E-state index is 12.8. The van der Waals surface area contributed by atoms with Gasteiger partial charge in [-0.1, -0.05) is 18.6 Å². The van der Waals surface area contributed by atoms with Gasteiger partial charge in [-0.15, -0.1) is 12.4 Å². The predicted molar refractivity (Wildman–Crippen MR) is 77.6 cm³/mol. The number of nitrogens with zero attached hydrogens (tertiary/aromatic N) is 1. The van der Waals surface area contributed by atoms with Gasteiger partial charge in [0.1, 0.15) is 11.6 Å². The van der Waals surface area contributed by atoms with Crippen molar-refractivity contribution in [2.24, 2.45) is 0 Å². The molecule has 0 spiro atoms. The third-order valence-corrected chi connectivity index (χ3v) is 3.47. The highest BCUT2D eigenvalue weighted by atomic mass is 35.5. The molecule has 0 radical (unpaired) electrons. The third-order valence-electron chi connectivity index (χ3n) is 3.47. The van der Waals surface area contributed by atoms with Crippen LogP contribution in [-0.4, -0.2) is 11.5 Å². The minimum atomic E-state index is -0.214. The lowest BCUT2D eigenvalue weighted by molar-refractivity contribution is 0.331. The topological polar surface area (TPSA) is 38.1 Å². The van der Waals surface area contributed by atoms with Gasteiger partial charge in [-0.3, -0.25) is 0 Å². The normalized spacial score (nSPS) is 18.6.